The van der Waals surface area contributed by atoms with Gasteiger partial charge in [0.05, 0.1) is 22.8 Å². The molecular formula is C17H21N3O4. The summed E-state index contributed by atoms with van der Waals surface area (Å²) in [6.45, 7) is 5.34. The average Bonchev–Trinajstić information content (AvgIpc) is 2.87. The smallest absolute Gasteiger partial charge is 0.332 e. The number of nitrogens with zero attached hydrogens (tertiary/aromatic N) is 2. The predicted molar refractivity (Wildman–Crippen MR) is 89.1 cm³/mol. The number of amides is 1. The number of aromatic nitrogens is 2. The number of carbonyl (C=O) groups is 2. The van der Waals surface area contributed by atoms with Crippen LogP contribution < -0.4 is 5.32 Å². The molecule has 0 atom stereocenters. The maximum Gasteiger partial charge on any atom is 0.332 e. The third-order valence-electron chi connectivity index (χ3n) is 3.34. The van der Waals surface area contributed by atoms with Crippen molar-refractivity contribution in [2.45, 2.75) is 20.8 Å². The SMILES string of the molecule is CCOCC(=O)OCC(=O)Nc1c(C)nn(-c2ccccc2)c1C. The van der Waals surface area contributed by atoms with Crippen LogP contribution in [0.25, 0.3) is 5.69 Å². The summed E-state index contributed by atoms with van der Waals surface area (Å²) in [5.74, 6) is -0.987. The first-order valence-corrected chi connectivity index (χ1v) is 7.67. The Morgan fingerprint density at radius 3 is 2.54 bits per heavy atom. The number of ether oxygens (including phenoxy) is 2. The van der Waals surface area contributed by atoms with Gasteiger partial charge in [-0.2, -0.15) is 5.10 Å². The molecule has 1 heterocycles. The van der Waals surface area contributed by atoms with E-state index in [1.807, 2.05) is 44.2 Å². The molecule has 1 amide bonds. The normalized spacial score (nSPS) is 10.5. The summed E-state index contributed by atoms with van der Waals surface area (Å²) in [6.07, 6.45) is 0. The van der Waals surface area contributed by atoms with Gasteiger partial charge in [0.15, 0.2) is 6.61 Å². The predicted octanol–water partition coefficient (Wildman–Crippen LogP) is 2.01. The number of aryl methyl sites for hydroxylation is 1. The first-order chi connectivity index (χ1) is 11.5. The van der Waals surface area contributed by atoms with Crippen LogP contribution in [0.15, 0.2) is 30.3 Å². The third-order valence-corrected chi connectivity index (χ3v) is 3.34. The summed E-state index contributed by atoms with van der Waals surface area (Å²) >= 11 is 0. The van der Waals surface area contributed by atoms with Crippen molar-refractivity contribution in [3.63, 3.8) is 0 Å². The number of anilines is 1. The molecule has 0 radical (unpaired) electrons. The summed E-state index contributed by atoms with van der Waals surface area (Å²) in [5, 5.41) is 7.18. The maximum atomic E-state index is 12.0. The van der Waals surface area contributed by atoms with E-state index < -0.39 is 11.9 Å². The number of benzene rings is 1. The van der Waals surface area contributed by atoms with Crippen LogP contribution >= 0.6 is 0 Å². The molecule has 0 unspecified atom stereocenters. The van der Waals surface area contributed by atoms with E-state index in [2.05, 4.69) is 10.4 Å². The second kappa shape index (κ2) is 8.26. The molecule has 0 spiro atoms. The van der Waals surface area contributed by atoms with Gasteiger partial charge in [0.1, 0.15) is 6.61 Å². The third kappa shape index (κ3) is 4.42. The molecule has 1 aromatic heterocycles. The van der Waals surface area contributed by atoms with Crippen molar-refractivity contribution in [3.05, 3.63) is 41.7 Å². The Hall–Kier alpha value is -2.67. The molecule has 1 N–H and O–H groups in total. The molecule has 2 rings (SSSR count). The molecule has 0 fully saturated rings. The lowest BCUT2D eigenvalue weighted by Crippen LogP contribution is -2.23. The zero-order valence-electron chi connectivity index (χ0n) is 14.0. The quantitative estimate of drug-likeness (QED) is 0.785. The van der Waals surface area contributed by atoms with Gasteiger partial charge in [-0.3, -0.25) is 4.79 Å². The highest BCUT2D eigenvalue weighted by Gasteiger charge is 2.16. The van der Waals surface area contributed by atoms with E-state index in [0.717, 1.165) is 11.4 Å². The summed E-state index contributed by atoms with van der Waals surface area (Å²) < 4.78 is 11.5. The van der Waals surface area contributed by atoms with Crippen molar-refractivity contribution in [1.82, 2.24) is 9.78 Å². The number of hydrogen-bond donors (Lipinski definition) is 1. The fourth-order valence-electron chi connectivity index (χ4n) is 2.19. The van der Waals surface area contributed by atoms with Gasteiger partial charge in [0.2, 0.25) is 0 Å². The molecule has 7 nitrogen and oxygen atoms in total. The van der Waals surface area contributed by atoms with Crippen LogP contribution in [0, 0.1) is 13.8 Å². The molecule has 0 aliphatic rings. The number of hydrogen-bond acceptors (Lipinski definition) is 5. The van der Waals surface area contributed by atoms with Crippen molar-refractivity contribution >= 4 is 17.6 Å². The molecule has 0 saturated carbocycles. The van der Waals surface area contributed by atoms with Gasteiger partial charge >= 0.3 is 5.97 Å². The summed E-state index contributed by atoms with van der Waals surface area (Å²) in [7, 11) is 0. The number of rotatable bonds is 7. The second-order valence-electron chi connectivity index (χ2n) is 5.14. The minimum absolute atomic E-state index is 0.159. The highest BCUT2D eigenvalue weighted by atomic mass is 16.6. The van der Waals surface area contributed by atoms with Crippen LogP contribution in [0.1, 0.15) is 18.3 Å². The average molecular weight is 331 g/mol. The van der Waals surface area contributed by atoms with Gasteiger partial charge < -0.3 is 14.8 Å². The highest BCUT2D eigenvalue weighted by Crippen LogP contribution is 2.22. The van der Waals surface area contributed by atoms with Crippen LogP contribution in [0.2, 0.25) is 0 Å². The van der Waals surface area contributed by atoms with E-state index >= 15 is 0 Å². The summed E-state index contributed by atoms with van der Waals surface area (Å²) in [4.78, 5) is 23.3. The van der Waals surface area contributed by atoms with Gasteiger partial charge in [0, 0.05) is 6.61 Å². The first kappa shape index (κ1) is 17.7. The van der Waals surface area contributed by atoms with Gasteiger partial charge in [-0.15, -0.1) is 0 Å². The molecular weight excluding hydrogens is 310 g/mol. The molecule has 0 aliphatic carbocycles. The minimum atomic E-state index is -0.569. The molecule has 0 saturated heterocycles. The molecule has 0 bridgehead atoms. The molecule has 2 aromatic rings. The largest absolute Gasteiger partial charge is 0.454 e. The Balaban J connectivity index is 2.01. The Morgan fingerprint density at radius 1 is 1.17 bits per heavy atom. The van der Waals surface area contributed by atoms with Crippen LogP contribution in [-0.4, -0.2) is 41.5 Å². The fourth-order valence-corrected chi connectivity index (χ4v) is 2.19. The van der Waals surface area contributed by atoms with E-state index in [0.29, 0.717) is 18.0 Å². The van der Waals surface area contributed by atoms with E-state index in [-0.39, 0.29) is 13.2 Å². The van der Waals surface area contributed by atoms with Crippen molar-refractivity contribution in [1.29, 1.82) is 0 Å². The van der Waals surface area contributed by atoms with Crippen molar-refractivity contribution in [3.8, 4) is 5.69 Å². The van der Waals surface area contributed by atoms with E-state index in [1.54, 1.807) is 11.6 Å². The Labute approximate surface area is 140 Å². The monoisotopic (exact) mass is 331 g/mol. The molecule has 24 heavy (non-hydrogen) atoms. The van der Waals surface area contributed by atoms with Gasteiger partial charge in [-0.1, -0.05) is 18.2 Å². The van der Waals surface area contributed by atoms with Crippen LogP contribution in [0.3, 0.4) is 0 Å². The molecule has 7 heteroatoms. The summed E-state index contributed by atoms with van der Waals surface area (Å²) in [6, 6.07) is 9.62. The lowest BCUT2D eigenvalue weighted by atomic mass is 10.3. The zero-order valence-corrected chi connectivity index (χ0v) is 14.0. The maximum absolute atomic E-state index is 12.0. The standard InChI is InChI=1S/C17H21N3O4/c1-4-23-11-16(22)24-10-15(21)18-17-12(2)19-20(13(17)3)14-8-6-5-7-9-14/h5-9H,4,10-11H2,1-3H3,(H,18,21). The van der Waals surface area contributed by atoms with Crippen molar-refractivity contribution in [2.24, 2.45) is 0 Å². The Bertz CT molecular complexity index is 710. The summed E-state index contributed by atoms with van der Waals surface area (Å²) in [5.41, 5.74) is 3.00. The van der Waals surface area contributed by atoms with E-state index in [1.165, 1.54) is 0 Å². The van der Waals surface area contributed by atoms with Gasteiger partial charge in [-0.25, -0.2) is 9.48 Å². The van der Waals surface area contributed by atoms with Crippen LogP contribution in [0.4, 0.5) is 5.69 Å². The zero-order chi connectivity index (χ0) is 17.5. The minimum Gasteiger partial charge on any atom is -0.454 e. The highest BCUT2D eigenvalue weighted by molar-refractivity contribution is 5.94. The first-order valence-electron chi connectivity index (χ1n) is 7.67. The van der Waals surface area contributed by atoms with E-state index in [9.17, 15) is 9.59 Å². The van der Waals surface area contributed by atoms with Crippen LogP contribution in [-0.2, 0) is 19.1 Å². The number of carbonyl (C=O) groups excluding carboxylic acids is 2. The van der Waals surface area contributed by atoms with Crippen molar-refractivity contribution in [2.75, 3.05) is 25.1 Å². The Kier molecular flexibility index (Phi) is 6.08. The Morgan fingerprint density at radius 2 is 1.88 bits per heavy atom. The lowest BCUT2D eigenvalue weighted by Gasteiger charge is -2.08. The molecule has 1 aromatic carbocycles. The van der Waals surface area contributed by atoms with Crippen LogP contribution in [0.5, 0.6) is 0 Å². The van der Waals surface area contributed by atoms with Crippen molar-refractivity contribution < 1.29 is 19.1 Å². The van der Waals surface area contributed by atoms with Gasteiger partial charge in [0.25, 0.3) is 5.91 Å². The molecule has 0 aliphatic heterocycles. The topological polar surface area (TPSA) is 82.4 Å². The number of nitrogens with one attached hydrogen (secondary N) is 1. The second-order valence-corrected chi connectivity index (χ2v) is 5.14. The number of esters is 1. The fraction of sp³-hybridized carbons (Fsp3) is 0.353. The number of para-hydroxylation sites is 1. The van der Waals surface area contributed by atoms with Gasteiger partial charge in [-0.05, 0) is 32.9 Å². The lowest BCUT2D eigenvalue weighted by molar-refractivity contribution is -0.151. The van der Waals surface area contributed by atoms with E-state index in [4.69, 9.17) is 9.47 Å². The molecule has 128 valence electrons.